The highest BCUT2D eigenvalue weighted by atomic mass is 35.5. The second-order valence-electron chi connectivity index (χ2n) is 10.1. The van der Waals surface area contributed by atoms with Crippen molar-refractivity contribution < 1.29 is 9.53 Å². The lowest BCUT2D eigenvalue weighted by atomic mass is 9.90. The van der Waals surface area contributed by atoms with Crippen LogP contribution >= 0.6 is 11.6 Å². The molecule has 0 saturated heterocycles. The number of fused-ring (bicyclic) bond motifs is 1. The van der Waals surface area contributed by atoms with Gasteiger partial charge < -0.3 is 9.30 Å². The molecule has 0 bridgehead atoms. The molecule has 1 aromatic carbocycles. The number of carbonyl (C=O) groups is 1. The van der Waals surface area contributed by atoms with E-state index in [2.05, 4.69) is 29.5 Å². The Bertz CT molecular complexity index is 1380. The molecule has 0 fully saturated rings. The molecule has 3 heterocycles. The number of Topliss-reactive ketones (excluding diaryl/α,β-unsaturated/α-hetero) is 1. The number of hydrogen-bond acceptors (Lipinski definition) is 4. The van der Waals surface area contributed by atoms with Gasteiger partial charge in [-0.15, -0.1) is 0 Å². The maximum atomic E-state index is 13.0. The van der Waals surface area contributed by atoms with Crippen LogP contribution in [-0.2, 0) is 16.1 Å². The summed E-state index contributed by atoms with van der Waals surface area (Å²) in [6.45, 7) is 14.3. The molecule has 0 spiro atoms. The van der Waals surface area contributed by atoms with Gasteiger partial charge in [-0.2, -0.15) is 0 Å². The van der Waals surface area contributed by atoms with E-state index in [0.29, 0.717) is 11.6 Å². The zero-order chi connectivity index (χ0) is 25.5. The van der Waals surface area contributed by atoms with Gasteiger partial charge >= 0.3 is 0 Å². The predicted molar refractivity (Wildman–Crippen MR) is 142 cm³/mol. The molecule has 5 nitrogen and oxygen atoms in total. The number of ether oxygens (including phenoxy) is 1. The summed E-state index contributed by atoms with van der Waals surface area (Å²) in [5.41, 5.74) is 7.26. The molecule has 0 N–H and O–H groups in total. The SMILES string of the molecule is CC(=O)[C@@H](OC(C)(C)C)c1c(C)nc2c(c(C)c(C)n2Cc2cccnc2)c1-c1ccc(Cl)cc1. The zero-order valence-electron chi connectivity index (χ0n) is 21.4. The van der Waals surface area contributed by atoms with Crippen LogP contribution in [0.3, 0.4) is 0 Å². The lowest BCUT2D eigenvalue weighted by Crippen LogP contribution is -2.27. The number of benzene rings is 1. The van der Waals surface area contributed by atoms with Crippen LogP contribution in [0, 0.1) is 20.8 Å². The molecule has 0 aliphatic carbocycles. The Hall–Kier alpha value is -3.02. The van der Waals surface area contributed by atoms with Gasteiger partial charge in [0.15, 0.2) is 5.78 Å². The quantitative estimate of drug-likeness (QED) is 0.288. The van der Waals surface area contributed by atoms with Crippen LogP contribution in [0.5, 0.6) is 0 Å². The summed E-state index contributed by atoms with van der Waals surface area (Å²) in [6, 6.07) is 11.8. The Kier molecular flexibility index (Phi) is 6.85. The van der Waals surface area contributed by atoms with Crippen LogP contribution < -0.4 is 0 Å². The molecule has 0 radical (unpaired) electrons. The minimum atomic E-state index is -0.737. The van der Waals surface area contributed by atoms with Gasteiger partial charge in [0.1, 0.15) is 11.8 Å². The Labute approximate surface area is 212 Å². The van der Waals surface area contributed by atoms with Crippen molar-refractivity contribution in [2.45, 2.75) is 66.7 Å². The molecule has 35 heavy (non-hydrogen) atoms. The van der Waals surface area contributed by atoms with Gasteiger partial charge in [-0.1, -0.05) is 29.8 Å². The highest BCUT2D eigenvalue weighted by Crippen LogP contribution is 2.42. The van der Waals surface area contributed by atoms with Crippen LogP contribution in [-0.4, -0.2) is 25.9 Å². The lowest BCUT2D eigenvalue weighted by Gasteiger charge is -2.29. The third-order valence-electron chi connectivity index (χ3n) is 6.28. The van der Waals surface area contributed by atoms with Crippen molar-refractivity contribution in [3.05, 3.63) is 81.9 Å². The van der Waals surface area contributed by atoms with Gasteiger partial charge in [-0.25, -0.2) is 4.98 Å². The first-order valence-corrected chi connectivity index (χ1v) is 12.2. The maximum Gasteiger partial charge on any atom is 0.163 e. The summed E-state index contributed by atoms with van der Waals surface area (Å²) >= 11 is 6.24. The minimum Gasteiger partial charge on any atom is -0.360 e. The fourth-order valence-corrected chi connectivity index (χ4v) is 4.72. The van der Waals surface area contributed by atoms with Gasteiger partial charge in [0.2, 0.25) is 0 Å². The molecular weight excluding hydrogens is 458 g/mol. The topological polar surface area (TPSA) is 57.0 Å². The molecular formula is C29H32ClN3O2. The van der Waals surface area contributed by atoms with E-state index >= 15 is 0 Å². The molecule has 0 amide bonds. The van der Waals surface area contributed by atoms with E-state index in [1.165, 1.54) is 0 Å². The van der Waals surface area contributed by atoms with Crippen LogP contribution in [0.2, 0.25) is 5.02 Å². The summed E-state index contributed by atoms with van der Waals surface area (Å²) in [6.07, 6.45) is 2.92. The van der Waals surface area contributed by atoms with Crippen LogP contribution in [0.1, 0.15) is 61.9 Å². The molecule has 4 rings (SSSR count). The third-order valence-corrected chi connectivity index (χ3v) is 6.54. The van der Waals surface area contributed by atoms with Crippen molar-refractivity contribution in [2.24, 2.45) is 0 Å². The average Bonchev–Trinajstić information content (AvgIpc) is 3.02. The lowest BCUT2D eigenvalue weighted by molar-refractivity contribution is -0.138. The fraction of sp³-hybridized carbons (Fsp3) is 0.345. The van der Waals surface area contributed by atoms with Crippen LogP contribution in [0.4, 0.5) is 0 Å². The van der Waals surface area contributed by atoms with Gasteiger partial charge in [0.25, 0.3) is 0 Å². The van der Waals surface area contributed by atoms with Crippen LogP contribution in [0.15, 0.2) is 48.8 Å². The van der Waals surface area contributed by atoms with E-state index in [4.69, 9.17) is 21.3 Å². The van der Waals surface area contributed by atoms with Gasteiger partial charge in [-0.05, 0) is 83.4 Å². The number of halogens is 1. The van der Waals surface area contributed by atoms with Gasteiger partial charge in [-0.3, -0.25) is 9.78 Å². The van der Waals surface area contributed by atoms with Crippen molar-refractivity contribution in [1.29, 1.82) is 0 Å². The number of aromatic nitrogens is 3. The molecule has 0 aliphatic rings. The molecule has 6 heteroatoms. The molecule has 3 aromatic heterocycles. The second kappa shape index (κ2) is 9.56. The van der Waals surface area contributed by atoms with E-state index in [1.54, 1.807) is 13.1 Å². The zero-order valence-corrected chi connectivity index (χ0v) is 22.2. The molecule has 0 saturated carbocycles. The Balaban J connectivity index is 2.08. The highest BCUT2D eigenvalue weighted by molar-refractivity contribution is 6.30. The predicted octanol–water partition coefficient (Wildman–Crippen LogP) is 7.17. The third kappa shape index (κ3) is 5.02. The van der Waals surface area contributed by atoms with Crippen molar-refractivity contribution in [1.82, 2.24) is 14.5 Å². The number of hydrogen-bond donors (Lipinski definition) is 0. The standard InChI is InChI=1S/C29H32ClN3O2/c1-17-19(3)33(16-21-9-8-14-31-15-21)28-24(17)26(22-10-12-23(30)13-11-22)25(18(2)32-28)27(20(4)34)35-29(5,6)7/h8-15,27H,16H2,1-7H3/t27-/m1/s1. The molecule has 182 valence electrons. The number of carbonyl (C=O) groups excluding carboxylic acids is 1. The number of pyridine rings is 2. The normalized spacial score (nSPS) is 12.8. The maximum absolute atomic E-state index is 13.0. The van der Waals surface area contributed by atoms with E-state index in [0.717, 1.165) is 50.2 Å². The summed E-state index contributed by atoms with van der Waals surface area (Å²) in [7, 11) is 0. The summed E-state index contributed by atoms with van der Waals surface area (Å²) in [5.74, 6) is -0.0523. The molecule has 4 aromatic rings. The fourth-order valence-electron chi connectivity index (χ4n) is 4.60. The Morgan fingerprint density at radius 3 is 2.37 bits per heavy atom. The molecule has 1 atom stereocenters. The van der Waals surface area contributed by atoms with Crippen molar-refractivity contribution in [3.8, 4) is 11.1 Å². The highest BCUT2D eigenvalue weighted by Gasteiger charge is 2.31. The van der Waals surface area contributed by atoms with Crippen LogP contribution in [0.25, 0.3) is 22.2 Å². The van der Waals surface area contributed by atoms with Crippen molar-refractivity contribution >= 4 is 28.4 Å². The van der Waals surface area contributed by atoms with E-state index in [9.17, 15) is 4.79 Å². The number of nitrogens with zero attached hydrogens (tertiary/aromatic N) is 3. The van der Waals surface area contributed by atoms with E-state index < -0.39 is 11.7 Å². The summed E-state index contributed by atoms with van der Waals surface area (Å²) < 4.78 is 8.57. The first-order chi connectivity index (χ1) is 16.5. The minimum absolute atomic E-state index is 0.0523. The number of ketones is 1. The van der Waals surface area contributed by atoms with Crippen molar-refractivity contribution in [2.75, 3.05) is 0 Å². The first-order valence-electron chi connectivity index (χ1n) is 11.8. The Morgan fingerprint density at radius 2 is 1.80 bits per heavy atom. The first kappa shape index (κ1) is 25.1. The largest absolute Gasteiger partial charge is 0.360 e. The summed E-state index contributed by atoms with van der Waals surface area (Å²) in [5, 5.41) is 1.69. The number of rotatable bonds is 6. The smallest absolute Gasteiger partial charge is 0.163 e. The van der Waals surface area contributed by atoms with E-state index in [1.807, 2.05) is 64.2 Å². The average molecular weight is 490 g/mol. The number of aryl methyl sites for hydroxylation is 2. The monoisotopic (exact) mass is 489 g/mol. The molecule has 0 aliphatic heterocycles. The van der Waals surface area contributed by atoms with E-state index in [-0.39, 0.29) is 5.78 Å². The second-order valence-corrected chi connectivity index (χ2v) is 10.5. The van der Waals surface area contributed by atoms with Gasteiger partial charge in [0.05, 0.1) is 12.1 Å². The van der Waals surface area contributed by atoms with Crippen molar-refractivity contribution in [3.63, 3.8) is 0 Å². The Morgan fingerprint density at radius 1 is 1.11 bits per heavy atom. The summed E-state index contributed by atoms with van der Waals surface area (Å²) in [4.78, 5) is 22.3. The van der Waals surface area contributed by atoms with Gasteiger partial charge in [0, 0.05) is 45.3 Å². The molecule has 0 unspecified atom stereocenters.